The van der Waals surface area contributed by atoms with Crippen molar-refractivity contribution in [2.75, 3.05) is 18.0 Å². The summed E-state index contributed by atoms with van der Waals surface area (Å²) in [4.78, 5) is 23.2. The Morgan fingerprint density at radius 1 is 1.30 bits per heavy atom. The monoisotopic (exact) mass is 277 g/mol. The molecular weight excluding hydrogens is 258 g/mol. The van der Waals surface area contributed by atoms with Crippen LogP contribution in [0.3, 0.4) is 0 Å². The van der Waals surface area contributed by atoms with Gasteiger partial charge in [0, 0.05) is 37.3 Å². The van der Waals surface area contributed by atoms with Gasteiger partial charge in [-0.25, -0.2) is 0 Å². The van der Waals surface area contributed by atoms with Crippen molar-refractivity contribution in [3.8, 4) is 0 Å². The lowest BCUT2D eigenvalue weighted by Gasteiger charge is -2.33. The Morgan fingerprint density at radius 2 is 1.90 bits per heavy atom. The molecule has 0 aromatic heterocycles. The highest BCUT2D eigenvalue weighted by Crippen LogP contribution is 2.27. The molecular formula is C14H19N3O3. The van der Waals surface area contributed by atoms with E-state index in [0.29, 0.717) is 12.3 Å². The summed E-state index contributed by atoms with van der Waals surface area (Å²) in [6.07, 6.45) is 3.39. The van der Waals surface area contributed by atoms with E-state index in [1.807, 2.05) is 0 Å². The number of rotatable bonds is 5. The lowest BCUT2D eigenvalue weighted by Crippen LogP contribution is -2.33. The number of primary amides is 1. The molecule has 1 heterocycles. The maximum absolute atomic E-state index is 10.8. The van der Waals surface area contributed by atoms with E-state index in [1.54, 1.807) is 12.1 Å². The second-order valence-corrected chi connectivity index (χ2v) is 5.21. The number of carbonyl (C=O) groups is 1. The number of nitro groups is 1. The predicted octanol–water partition coefficient (Wildman–Crippen LogP) is 2.08. The zero-order chi connectivity index (χ0) is 14.5. The lowest BCUT2D eigenvalue weighted by atomic mass is 9.92. The Kier molecular flexibility index (Phi) is 4.55. The first kappa shape index (κ1) is 14.3. The molecule has 1 aliphatic rings. The van der Waals surface area contributed by atoms with Crippen LogP contribution in [0.4, 0.5) is 11.4 Å². The number of nitrogens with two attached hydrogens (primary N) is 1. The first-order valence-corrected chi connectivity index (χ1v) is 6.84. The molecule has 0 saturated carbocycles. The molecule has 6 heteroatoms. The summed E-state index contributed by atoms with van der Waals surface area (Å²) < 4.78 is 0. The van der Waals surface area contributed by atoms with Crippen LogP contribution in [0.15, 0.2) is 24.3 Å². The van der Waals surface area contributed by atoms with Crippen LogP contribution < -0.4 is 10.6 Å². The molecule has 0 atom stereocenters. The molecule has 2 N–H and O–H groups in total. The molecule has 1 aromatic rings. The minimum atomic E-state index is -0.389. The van der Waals surface area contributed by atoms with Gasteiger partial charge in [-0.15, -0.1) is 0 Å². The van der Waals surface area contributed by atoms with Crippen molar-refractivity contribution < 1.29 is 9.72 Å². The fourth-order valence-corrected chi connectivity index (χ4v) is 2.61. The zero-order valence-electron chi connectivity index (χ0n) is 11.3. The number of benzene rings is 1. The molecule has 0 radical (unpaired) electrons. The van der Waals surface area contributed by atoms with Crippen LogP contribution in [0.25, 0.3) is 0 Å². The van der Waals surface area contributed by atoms with Gasteiger partial charge in [0.05, 0.1) is 4.92 Å². The minimum Gasteiger partial charge on any atom is -0.372 e. The number of nitro benzene ring substituents is 1. The molecule has 0 aliphatic carbocycles. The maximum Gasteiger partial charge on any atom is 0.269 e. The summed E-state index contributed by atoms with van der Waals surface area (Å²) in [6, 6.07) is 6.66. The largest absolute Gasteiger partial charge is 0.372 e. The summed E-state index contributed by atoms with van der Waals surface area (Å²) in [6.45, 7) is 1.84. The highest BCUT2D eigenvalue weighted by molar-refractivity contribution is 5.73. The van der Waals surface area contributed by atoms with Gasteiger partial charge in [-0.3, -0.25) is 14.9 Å². The molecule has 0 bridgehead atoms. The third kappa shape index (κ3) is 3.69. The van der Waals surface area contributed by atoms with Crippen LogP contribution in [0.1, 0.15) is 25.7 Å². The van der Waals surface area contributed by atoms with Crippen molar-refractivity contribution in [1.82, 2.24) is 0 Å². The van der Waals surface area contributed by atoms with E-state index in [-0.39, 0.29) is 16.5 Å². The summed E-state index contributed by atoms with van der Waals surface area (Å²) in [5.74, 6) is 0.319. The summed E-state index contributed by atoms with van der Waals surface area (Å²) >= 11 is 0. The second-order valence-electron chi connectivity index (χ2n) is 5.21. The van der Waals surface area contributed by atoms with Gasteiger partial charge in [0.1, 0.15) is 0 Å². The minimum absolute atomic E-state index is 0.116. The fraction of sp³-hybridized carbons (Fsp3) is 0.500. The number of nitrogens with zero attached hydrogens (tertiary/aromatic N) is 2. The van der Waals surface area contributed by atoms with Gasteiger partial charge in [-0.05, 0) is 37.3 Å². The van der Waals surface area contributed by atoms with Crippen molar-refractivity contribution in [3.05, 3.63) is 34.4 Å². The number of anilines is 1. The molecule has 108 valence electrons. The van der Waals surface area contributed by atoms with Crippen molar-refractivity contribution in [2.24, 2.45) is 11.7 Å². The average Bonchev–Trinajstić information content (AvgIpc) is 2.46. The summed E-state index contributed by atoms with van der Waals surface area (Å²) in [5.41, 5.74) is 6.30. The number of hydrogen-bond acceptors (Lipinski definition) is 4. The normalized spacial score (nSPS) is 16.1. The highest BCUT2D eigenvalue weighted by atomic mass is 16.6. The standard InChI is InChI=1S/C14H19N3O3/c15-14(18)6-1-11-7-9-16(10-8-11)12-2-4-13(5-3-12)17(19)20/h2-5,11H,1,6-10H2,(H2,15,18). The lowest BCUT2D eigenvalue weighted by molar-refractivity contribution is -0.384. The van der Waals surface area contributed by atoms with E-state index in [4.69, 9.17) is 5.73 Å². The molecule has 6 nitrogen and oxygen atoms in total. The van der Waals surface area contributed by atoms with Gasteiger partial charge in [-0.2, -0.15) is 0 Å². The molecule has 1 aromatic carbocycles. The van der Waals surface area contributed by atoms with Gasteiger partial charge in [0.25, 0.3) is 5.69 Å². The van der Waals surface area contributed by atoms with Gasteiger partial charge in [0.2, 0.25) is 5.91 Å². The Hall–Kier alpha value is -2.11. The number of carbonyl (C=O) groups excluding carboxylic acids is 1. The molecule has 1 saturated heterocycles. The molecule has 1 aliphatic heterocycles. The van der Waals surface area contributed by atoms with Gasteiger partial charge in [0.15, 0.2) is 0 Å². The zero-order valence-corrected chi connectivity index (χ0v) is 11.3. The Labute approximate surface area is 117 Å². The van der Waals surface area contributed by atoms with E-state index in [1.165, 1.54) is 12.1 Å². The number of amides is 1. The Morgan fingerprint density at radius 3 is 2.40 bits per heavy atom. The van der Waals surface area contributed by atoms with E-state index >= 15 is 0 Å². The molecule has 2 rings (SSSR count). The van der Waals surface area contributed by atoms with Crippen LogP contribution in [-0.2, 0) is 4.79 Å². The third-order valence-electron chi connectivity index (χ3n) is 3.84. The van der Waals surface area contributed by atoms with Gasteiger partial charge < -0.3 is 10.6 Å². The first-order chi connectivity index (χ1) is 9.56. The van der Waals surface area contributed by atoms with E-state index in [0.717, 1.165) is 38.0 Å². The molecule has 0 spiro atoms. The van der Waals surface area contributed by atoms with E-state index < -0.39 is 0 Å². The number of piperidine rings is 1. The van der Waals surface area contributed by atoms with Crippen LogP contribution in [0, 0.1) is 16.0 Å². The Balaban J connectivity index is 1.87. The maximum atomic E-state index is 10.8. The van der Waals surface area contributed by atoms with Crippen LogP contribution >= 0.6 is 0 Å². The smallest absolute Gasteiger partial charge is 0.269 e. The molecule has 0 unspecified atom stereocenters. The molecule has 1 amide bonds. The average molecular weight is 277 g/mol. The van der Waals surface area contributed by atoms with Crippen molar-refractivity contribution in [2.45, 2.75) is 25.7 Å². The molecule has 1 fully saturated rings. The van der Waals surface area contributed by atoms with E-state index in [2.05, 4.69) is 4.90 Å². The Bertz CT molecular complexity index is 479. The van der Waals surface area contributed by atoms with E-state index in [9.17, 15) is 14.9 Å². The predicted molar refractivity (Wildman–Crippen MR) is 76.5 cm³/mol. The fourth-order valence-electron chi connectivity index (χ4n) is 2.61. The van der Waals surface area contributed by atoms with Crippen molar-refractivity contribution >= 4 is 17.3 Å². The number of non-ortho nitro benzene ring substituents is 1. The van der Waals surface area contributed by atoms with Crippen LogP contribution in [0.2, 0.25) is 0 Å². The van der Waals surface area contributed by atoms with Gasteiger partial charge in [-0.1, -0.05) is 0 Å². The quantitative estimate of drug-likeness (QED) is 0.659. The van der Waals surface area contributed by atoms with Crippen molar-refractivity contribution in [3.63, 3.8) is 0 Å². The molecule has 20 heavy (non-hydrogen) atoms. The highest BCUT2D eigenvalue weighted by Gasteiger charge is 2.20. The van der Waals surface area contributed by atoms with Gasteiger partial charge >= 0.3 is 0 Å². The SMILES string of the molecule is NC(=O)CCC1CCN(c2ccc([N+](=O)[O-])cc2)CC1. The van der Waals surface area contributed by atoms with Crippen LogP contribution in [0.5, 0.6) is 0 Å². The second kappa shape index (κ2) is 6.36. The number of hydrogen-bond donors (Lipinski definition) is 1. The van der Waals surface area contributed by atoms with Crippen LogP contribution in [-0.4, -0.2) is 23.9 Å². The topological polar surface area (TPSA) is 89.5 Å². The first-order valence-electron chi connectivity index (χ1n) is 6.84. The third-order valence-corrected chi connectivity index (χ3v) is 3.84. The summed E-state index contributed by atoms with van der Waals surface area (Å²) in [7, 11) is 0. The summed E-state index contributed by atoms with van der Waals surface area (Å²) in [5, 5.41) is 10.6. The van der Waals surface area contributed by atoms with Crippen molar-refractivity contribution in [1.29, 1.82) is 0 Å².